The lowest BCUT2D eigenvalue weighted by molar-refractivity contribution is 0.405. The lowest BCUT2D eigenvalue weighted by Gasteiger charge is -2.24. The molecule has 0 amide bonds. The molecule has 122 valence electrons. The van der Waals surface area contributed by atoms with Gasteiger partial charge in [-0.15, -0.1) is 0 Å². The Morgan fingerprint density at radius 1 is 0.913 bits per heavy atom. The average molecular weight is 329 g/mol. The maximum atomic E-state index is 12.8. The van der Waals surface area contributed by atoms with Crippen LogP contribution in [0.3, 0.4) is 0 Å². The molecule has 1 fully saturated rings. The summed E-state index contributed by atoms with van der Waals surface area (Å²) in [4.78, 5) is 0. The molecule has 3 nitrogen and oxygen atoms in total. The van der Waals surface area contributed by atoms with E-state index >= 15 is 0 Å². The molecule has 0 radical (unpaired) electrons. The highest BCUT2D eigenvalue weighted by atomic mass is 32.2. The first-order valence-corrected chi connectivity index (χ1v) is 9.83. The molecule has 1 aliphatic heterocycles. The van der Waals surface area contributed by atoms with Crippen LogP contribution in [0.5, 0.6) is 0 Å². The highest BCUT2D eigenvalue weighted by Crippen LogP contribution is 2.28. The monoisotopic (exact) mass is 329 g/mol. The molecule has 0 aliphatic carbocycles. The molecular weight excluding hydrogens is 306 g/mol. The third kappa shape index (κ3) is 4.21. The number of rotatable bonds is 4. The maximum Gasteiger partial charge on any atom is 0.218 e. The number of sulfonamides is 1. The van der Waals surface area contributed by atoms with Gasteiger partial charge in [0.15, 0.2) is 0 Å². The fourth-order valence-corrected chi connectivity index (χ4v) is 4.84. The van der Waals surface area contributed by atoms with E-state index in [2.05, 4.69) is 12.1 Å². The normalized spacial score (nSPS) is 20.1. The Kier molecular flexibility index (Phi) is 5.13. The minimum atomic E-state index is -3.27. The van der Waals surface area contributed by atoms with Crippen molar-refractivity contribution < 1.29 is 8.42 Å². The Morgan fingerprint density at radius 2 is 1.57 bits per heavy atom. The molecule has 0 unspecified atom stereocenters. The topological polar surface area (TPSA) is 37.4 Å². The van der Waals surface area contributed by atoms with E-state index in [1.807, 2.05) is 48.5 Å². The Labute approximate surface area is 139 Å². The predicted molar refractivity (Wildman–Crippen MR) is 93.7 cm³/mol. The van der Waals surface area contributed by atoms with Crippen LogP contribution >= 0.6 is 0 Å². The number of hydrogen-bond donors (Lipinski definition) is 0. The van der Waals surface area contributed by atoms with Crippen molar-refractivity contribution in [2.45, 2.75) is 30.9 Å². The van der Waals surface area contributed by atoms with E-state index in [0.29, 0.717) is 19.0 Å². The van der Waals surface area contributed by atoms with Crippen LogP contribution < -0.4 is 0 Å². The summed E-state index contributed by atoms with van der Waals surface area (Å²) in [7, 11) is -3.27. The van der Waals surface area contributed by atoms with Gasteiger partial charge in [-0.05, 0) is 29.9 Å². The van der Waals surface area contributed by atoms with Gasteiger partial charge in [-0.3, -0.25) is 0 Å². The van der Waals surface area contributed by atoms with E-state index in [1.54, 1.807) is 4.31 Å². The minimum absolute atomic E-state index is 0.0926. The Bertz CT molecular complexity index is 714. The molecule has 0 bridgehead atoms. The smallest absolute Gasteiger partial charge is 0.212 e. The van der Waals surface area contributed by atoms with Gasteiger partial charge in [0.2, 0.25) is 10.0 Å². The van der Waals surface area contributed by atoms with Crippen LogP contribution in [0.15, 0.2) is 60.7 Å². The van der Waals surface area contributed by atoms with Gasteiger partial charge in [0.25, 0.3) is 0 Å². The minimum Gasteiger partial charge on any atom is -0.212 e. The van der Waals surface area contributed by atoms with E-state index in [4.69, 9.17) is 0 Å². The maximum absolute atomic E-state index is 12.8. The summed E-state index contributed by atoms with van der Waals surface area (Å²) in [5, 5.41) is 0. The van der Waals surface area contributed by atoms with Crippen molar-refractivity contribution in [3.63, 3.8) is 0 Å². The molecule has 1 atom stereocenters. The van der Waals surface area contributed by atoms with Crippen molar-refractivity contribution in [2.24, 2.45) is 0 Å². The first kappa shape index (κ1) is 16.2. The first-order valence-electron chi connectivity index (χ1n) is 8.22. The van der Waals surface area contributed by atoms with Crippen LogP contribution in [0.4, 0.5) is 0 Å². The van der Waals surface area contributed by atoms with Gasteiger partial charge in [0.1, 0.15) is 0 Å². The second-order valence-corrected chi connectivity index (χ2v) is 8.17. The van der Waals surface area contributed by atoms with Crippen LogP contribution in [0.2, 0.25) is 0 Å². The summed E-state index contributed by atoms with van der Waals surface area (Å²) < 4.78 is 27.3. The van der Waals surface area contributed by atoms with E-state index in [-0.39, 0.29) is 5.75 Å². The quantitative estimate of drug-likeness (QED) is 0.856. The van der Waals surface area contributed by atoms with Gasteiger partial charge >= 0.3 is 0 Å². The van der Waals surface area contributed by atoms with Crippen molar-refractivity contribution in [3.8, 4) is 0 Å². The van der Waals surface area contributed by atoms with Crippen molar-refractivity contribution >= 4 is 10.0 Å². The summed E-state index contributed by atoms with van der Waals surface area (Å²) >= 11 is 0. The van der Waals surface area contributed by atoms with E-state index in [9.17, 15) is 8.42 Å². The molecule has 23 heavy (non-hydrogen) atoms. The van der Waals surface area contributed by atoms with Gasteiger partial charge in [-0.1, -0.05) is 67.1 Å². The molecule has 0 saturated carbocycles. The highest BCUT2D eigenvalue weighted by molar-refractivity contribution is 7.88. The van der Waals surface area contributed by atoms with Crippen LogP contribution in [0.25, 0.3) is 0 Å². The molecular formula is C19H23NO2S. The summed E-state index contributed by atoms with van der Waals surface area (Å²) in [5.74, 6) is 0.388. The van der Waals surface area contributed by atoms with Crippen LogP contribution in [-0.2, 0) is 15.8 Å². The number of benzene rings is 2. The standard InChI is InChI=1S/C19H23NO2S/c21-23(22,16-17-9-3-1-4-10-17)20-14-8-7-13-19(15-20)18-11-5-2-6-12-18/h1-6,9-12,19H,7-8,13-16H2/t19-/m0/s1. The van der Waals surface area contributed by atoms with E-state index in [1.165, 1.54) is 5.56 Å². The van der Waals surface area contributed by atoms with Crippen LogP contribution in [0.1, 0.15) is 36.3 Å². The van der Waals surface area contributed by atoms with E-state index < -0.39 is 10.0 Å². The van der Waals surface area contributed by atoms with Crippen molar-refractivity contribution in [1.29, 1.82) is 0 Å². The zero-order chi connectivity index (χ0) is 16.1. The molecule has 0 spiro atoms. The summed E-state index contributed by atoms with van der Waals surface area (Å²) in [6.07, 6.45) is 3.08. The van der Waals surface area contributed by atoms with Gasteiger partial charge in [0, 0.05) is 13.1 Å². The molecule has 1 saturated heterocycles. The Balaban J connectivity index is 1.77. The van der Waals surface area contributed by atoms with Crippen LogP contribution in [0, 0.1) is 0 Å². The van der Waals surface area contributed by atoms with Gasteiger partial charge in [0.05, 0.1) is 5.75 Å². The number of nitrogens with zero attached hydrogens (tertiary/aromatic N) is 1. The second kappa shape index (κ2) is 7.28. The van der Waals surface area contributed by atoms with Gasteiger partial charge in [-0.2, -0.15) is 0 Å². The fraction of sp³-hybridized carbons (Fsp3) is 0.368. The molecule has 2 aromatic carbocycles. The third-order valence-corrected chi connectivity index (χ3v) is 6.31. The summed E-state index contributed by atoms with van der Waals surface area (Å²) in [6, 6.07) is 19.7. The Morgan fingerprint density at radius 3 is 2.26 bits per heavy atom. The number of hydrogen-bond acceptors (Lipinski definition) is 2. The molecule has 3 rings (SSSR count). The molecule has 0 aromatic heterocycles. The van der Waals surface area contributed by atoms with Crippen molar-refractivity contribution in [1.82, 2.24) is 4.31 Å². The molecule has 1 aliphatic rings. The largest absolute Gasteiger partial charge is 0.218 e. The molecule has 0 N–H and O–H groups in total. The molecule has 2 aromatic rings. The average Bonchev–Trinajstić information content (AvgIpc) is 2.83. The molecule has 4 heteroatoms. The Hall–Kier alpha value is -1.65. The first-order chi connectivity index (χ1) is 11.1. The van der Waals surface area contributed by atoms with Crippen molar-refractivity contribution in [2.75, 3.05) is 13.1 Å². The van der Waals surface area contributed by atoms with Gasteiger partial charge in [-0.25, -0.2) is 12.7 Å². The zero-order valence-corrected chi connectivity index (χ0v) is 14.1. The van der Waals surface area contributed by atoms with Gasteiger partial charge < -0.3 is 0 Å². The fourth-order valence-electron chi connectivity index (χ4n) is 3.23. The van der Waals surface area contributed by atoms with Crippen LogP contribution in [-0.4, -0.2) is 25.8 Å². The van der Waals surface area contributed by atoms with Crippen molar-refractivity contribution in [3.05, 3.63) is 71.8 Å². The highest BCUT2D eigenvalue weighted by Gasteiger charge is 2.28. The summed E-state index contributed by atoms with van der Waals surface area (Å²) in [5.41, 5.74) is 2.10. The summed E-state index contributed by atoms with van der Waals surface area (Å²) in [6.45, 7) is 1.23. The molecule has 1 heterocycles. The second-order valence-electron chi connectivity index (χ2n) is 6.20. The lowest BCUT2D eigenvalue weighted by atomic mass is 9.95. The third-order valence-electron chi connectivity index (χ3n) is 4.49. The SMILES string of the molecule is O=S(=O)(Cc1ccccc1)N1CCCC[C@H](c2ccccc2)C1. The zero-order valence-electron chi connectivity index (χ0n) is 13.3. The van der Waals surface area contributed by atoms with E-state index in [0.717, 1.165) is 24.8 Å². The lowest BCUT2D eigenvalue weighted by Crippen LogP contribution is -2.35. The predicted octanol–water partition coefficient (Wildman–Crippen LogP) is 3.79.